The minimum absolute atomic E-state index is 0.0430. The van der Waals surface area contributed by atoms with E-state index in [0.29, 0.717) is 30.3 Å². The summed E-state index contributed by atoms with van der Waals surface area (Å²) in [5, 5.41) is 13.6. The molecular formula is C23H26ClFN4O4. The maximum atomic E-state index is 13.6. The summed E-state index contributed by atoms with van der Waals surface area (Å²) in [5.74, 6) is -0.625. The van der Waals surface area contributed by atoms with E-state index in [9.17, 15) is 19.1 Å². The normalized spacial score (nSPS) is 16.1. The Kier molecular flexibility index (Phi) is 7.02. The number of aromatic nitrogens is 2. The number of imidazole rings is 1. The van der Waals surface area contributed by atoms with Gasteiger partial charge in [-0.15, -0.1) is 0 Å². The van der Waals surface area contributed by atoms with Crippen LogP contribution in [0.5, 0.6) is 5.75 Å². The third kappa shape index (κ3) is 5.55. The largest absolute Gasteiger partial charge is 0.489 e. The number of benzene rings is 2. The molecule has 0 bridgehead atoms. The molecule has 1 aromatic heterocycles. The van der Waals surface area contributed by atoms with Crippen LogP contribution in [0.4, 0.5) is 10.1 Å². The van der Waals surface area contributed by atoms with E-state index in [1.807, 2.05) is 6.07 Å². The number of ether oxygens (including phenoxy) is 1. The van der Waals surface area contributed by atoms with E-state index >= 15 is 0 Å². The van der Waals surface area contributed by atoms with Crippen LogP contribution in [0.25, 0.3) is 11.0 Å². The van der Waals surface area contributed by atoms with Gasteiger partial charge in [0.25, 0.3) is 0 Å². The number of aliphatic hydroxyl groups excluding tert-OH is 1. The molecule has 3 N–H and O–H groups in total. The van der Waals surface area contributed by atoms with Gasteiger partial charge in [0, 0.05) is 43.7 Å². The van der Waals surface area contributed by atoms with Gasteiger partial charge in [0.05, 0.1) is 16.7 Å². The molecule has 1 amide bonds. The van der Waals surface area contributed by atoms with Crippen molar-refractivity contribution < 1.29 is 19.0 Å². The molecule has 0 aliphatic carbocycles. The fraction of sp³-hybridized carbons (Fsp3) is 0.391. The second kappa shape index (κ2) is 9.94. The number of hydrogen-bond acceptors (Lipinski definition) is 5. The lowest BCUT2D eigenvalue weighted by molar-refractivity contribution is -0.114. The number of aliphatic hydroxyl groups is 1. The number of aromatic amines is 1. The third-order valence-electron chi connectivity index (χ3n) is 5.76. The molecule has 8 nitrogen and oxygen atoms in total. The van der Waals surface area contributed by atoms with E-state index in [2.05, 4.69) is 15.2 Å². The molecule has 176 valence electrons. The molecule has 1 fully saturated rings. The lowest BCUT2D eigenvalue weighted by Gasteiger charge is -2.33. The van der Waals surface area contributed by atoms with Gasteiger partial charge in [0.2, 0.25) is 5.91 Å². The highest BCUT2D eigenvalue weighted by atomic mass is 35.5. The Morgan fingerprint density at radius 1 is 1.30 bits per heavy atom. The Morgan fingerprint density at radius 3 is 2.79 bits per heavy atom. The fourth-order valence-electron chi connectivity index (χ4n) is 4.27. The summed E-state index contributed by atoms with van der Waals surface area (Å²) in [6.07, 6.45) is 0.729. The molecule has 2 heterocycles. The van der Waals surface area contributed by atoms with Crippen molar-refractivity contribution in [3.05, 3.63) is 57.7 Å². The topological polar surface area (TPSA) is 99.6 Å². The highest BCUT2D eigenvalue weighted by molar-refractivity contribution is 6.31. The highest BCUT2D eigenvalue weighted by Crippen LogP contribution is 2.27. The maximum Gasteiger partial charge on any atom is 0.326 e. The molecular weight excluding hydrogens is 451 g/mol. The van der Waals surface area contributed by atoms with E-state index in [4.69, 9.17) is 16.3 Å². The van der Waals surface area contributed by atoms with Crippen LogP contribution in [0.2, 0.25) is 5.02 Å². The van der Waals surface area contributed by atoms with Crippen LogP contribution in [0.1, 0.15) is 25.8 Å². The first-order valence-corrected chi connectivity index (χ1v) is 11.2. The van der Waals surface area contributed by atoms with E-state index in [-0.39, 0.29) is 30.0 Å². The van der Waals surface area contributed by atoms with Gasteiger partial charge < -0.3 is 25.0 Å². The first-order chi connectivity index (χ1) is 15.8. The van der Waals surface area contributed by atoms with Crippen molar-refractivity contribution >= 4 is 34.2 Å². The van der Waals surface area contributed by atoms with Gasteiger partial charge in [0.15, 0.2) is 0 Å². The number of halogens is 2. The fourth-order valence-corrected chi connectivity index (χ4v) is 4.44. The summed E-state index contributed by atoms with van der Waals surface area (Å²) in [7, 11) is 0. The number of piperidine rings is 1. The molecule has 0 saturated carbocycles. The van der Waals surface area contributed by atoms with Gasteiger partial charge >= 0.3 is 5.69 Å². The number of H-pyrrole nitrogens is 1. The maximum absolute atomic E-state index is 13.6. The minimum Gasteiger partial charge on any atom is -0.489 e. The van der Waals surface area contributed by atoms with Crippen LogP contribution in [-0.2, 0) is 4.79 Å². The molecule has 1 unspecified atom stereocenters. The molecule has 0 radical (unpaired) electrons. The average molecular weight is 477 g/mol. The molecule has 0 spiro atoms. The molecule has 3 aromatic rings. The molecule has 1 atom stereocenters. The van der Waals surface area contributed by atoms with E-state index in [0.717, 1.165) is 23.9 Å². The number of fused-ring (bicyclic) bond motifs is 1. The van der Waals surface area contributed by atoms with Crippen LogP contribution in [0, 0.1) is 5.82 Å². The van der Waals surface area contributed by atoms with Gasteiger partial charge in [0.1, 0.15) is 24.3 Å². The second-order valence-electron chi connectivity index (χ2n) is 8.28. The van der Waals surface area contributed by atoms with Gasteiger partial charge in [-0.2, -0.15) is 0 Å². The number of β-amino-alcohol motifs (C(OH)–C–C–N with tert-alkyl or cyclic N) is 1. The molecule has 10 heteroatoms. The number of carbonyl (C=O) groups excluding carboxylic acids is 1. The van der Waals surface area contributed by atoms with E-state index < -0.39 is 11.9 Å². The molecule has 2 aromatic carbocycles. The molecule has 1 saturated heterocycles. The van der Waals surface area contributed by atoms with Crippen LogP contribution in [0.3, 0.4) is 0 Å². The molecule has 1 aliphatic rings. The highest BCUT2D eigenvalue weighted by Gasteiger charge is 2.25. The van der Waals surface area contributed by atoms with Crippen LogP contribution < -0.4 is 15.7 Å². The van der Waals surface area contributed by atoms with Crippen molar-refractivity contribution in [2.24, 2.45) is 0 Å². The van der Waals surface area contributed by atoms with Gasteiger partial charge in [-0.1, -0.05) is 11.6 Å². The number of hydrogen-bond donors (Lipinski definition) is 3. The summed E-state index contributed by atoms with van der Waals surface area (Å²) in [4.78, 5) is 28.8. The zero-order valence-electron chi connectivity index (χ0n) is 18.2. The van der Waals surface area contributed by atoms with Crippen LogP contribution in [0.15, 0.2) is 41.2 Å². The van der Waals surface area contributed by atoms with Gasteiger partial charge in [-0.25, -0.2) is 9.18 Å². The Labute approximate surface area is 194 Å². The van der Waals surface area contributed by atoms with Crippen molar-refractivity contribution in [1.82, 2.24) is 14.5 Å². The smallest absolute Gasteiger partial charge is 0.326 e. The predicted octanol–water partition coefficient (Wildman–Crippen LogP) is 3.16. The quantitative estimate of drug-likeness (QED) is 0.486. The first kappa shape index (κ1) is 23.3. The Balaban J connectivity index is 1.32. The lowest BCUT2D eigenvalue weighted by Crippen LogP contribution is -2.42. The van der Waals surface area contributed by atoms with Crippen LogP contribution in [-0.4, -0.2) is 57.8 Å². The second-order valence-corrected chi connectivity index (χ2v) is 8.72. The number of carbonyl (C=O) groups is 1. The van der Waals surface area contributed by atoms with E-state index in [1.54, 1.807) is 16.7 Å². The van der Waals surface area contributed by atoms with Crippen molar-refractivity contribution in [3.63, 3.8) is 0 Å². The molecule has 4 rings (SSSR count). The average Bonchev–Trinajstić information content (AvgIpc) is 3.09. The van der Waals surface area contributed by atoms with Crippen molar-refractivity contribution in [2.45, 2.75) is 31.9 Å². The van der Waals surface area contributed by atoms with Crippen molar-refractivity contribution in [1.29, 1.82) is 0 Å². The number of amides is 1. The number of anilines is 1. The predicted molar refractivity (Wildman–Crippen MR) is 124 cm³/mol. The number of rotatable bonds is 7. The molecule has 1 aliphatic heterocycles. The third-order valence-corrected chi connectivity index (χ3v) is 5.99. The van der Waals surface area contributed by atoms with Crippen LogP contribution >= 0.6 is 11.6 Å². The number of nitrogens with one attached hydrogen (secondary N) is 2. The monoisotopic (exact) mass is 476 g/mol. The van der Waals surface area contributed by atoms with Gasteiger partial charge in [-0.05, 0) is 43.2 Å². The number of likely N-dealkylation sites (tertiary alicyclic amines) is 1. The standard InChI is InChI=1S/C23H26ClFN4O4/c1-14(30)26-19-4-3-16(25)11-22(19)33-13-18(31)12-28-8-6-17(7-9-28)29-21-5-2-15(24)10-20(21)27-23(29)32/h2-5,10-11,17-18,31H,6-9,12-13H2,1H3,(H,26,30)(H,27,32). The SMILES string of the molecule is CC(=O)Nc1ccc(F)cc1OCC(O)CN1CCC(n2c(=O)[nH]c3cc(Cl)ccc32)CC1. The Bertz CT molecular complexity index is 1200. The van der Waals surface area contributed by atoms with E-state index in [1.165, 1.54) is 25.1 Å². The summed E-state index contributed by atoms with van der Waals surface area (Å²) in [6.45, 7) is 3.12. The summed E-state index contributed by atoms with van der Waals surface area (Å²) in [5.41, 5.74) is 1.76. The minimum atomic E-state index is -0.798. The lowest BCUT2D eigenvalue weighted by atomic mass is 10.0. The Morgan fingerprint density at radius 2 is 2.06 bits per heavy atom. The van der Waals surface area contributed by atoms with Crippen molar-refractivity contribution in [3.8, 4) is 5.75 Å². The van der Waals surface area contributed by atoms with Gasteiger partial charge in [-0.3, -0.25) is 9.36 Å². The number of nitrogens with zero attached hydrogens (tertiary/aromatic N) is 2. The summed E-state index contributed by atoms with van der Waals surface area (Å²) in [6, 6.07) is 9.26. The van der Waals surface area contributed by atoms with Crippen molar-refractivity contribution in [2.75, 3.05) is 31.6 Å². The first-order valence-electron chi connectivity index (χ1n) is 10.8. The zero-order chi connectivity index (χ0) is 23.5. The molecule has 33 heavy (non-hydrogen) atoms. The summed E-state index contributed by atoms with van der Waals surface area (Å²) < 4.78 is 21.0. The summed E-state index contributed by atoms with van der Waals surface area (Å²) >= 11 is 6.03. The zero-order valence-corrected chi connectivity index (χ0v) is 18.9. The Hall–Kier alpha value is -2.88.